The van der Waals surface area contributed by atoms with Gasteiger partial charge in [-0.25, -0.2) is 4.79 Å². The number of carbonyl (C=O) groups is 3. The third-order valence-corrected chi connectivity index (χ3v) is 5.99. The number of likely N-dealkylation sites (N-methyl/N-ethyl adjacent to an activating group) is 1. The Labute approximate surface area is 217 Å². The number of amides is 3. The molecule has 0 heterocycles. The van der Waals surface area contributed by atoms with Gasteiger partial charge in [-0.05, 0) is 74.2 Å². The van der Waals surface area contributed by atoms with Gasteiger partial charge in [0.25, 0.3) is 5.91 Å². The Hall–Kier alpha value is -3.91. The minimum atomic E-state index is -1.29. The molecule has 3 aromatic carbocycles. The number of aliphatic hydroxyl groups is 1. The molecule has 8 nitrogen and oxygen atoms in total. The number of hydrogen-bond donors (Lipinski definition) is 3. The summed E-state index contributed by atoms with van der Waals surface area (Å²) in [6.07, 6.45) is -0.836. The van der Waals surface area contributed by atoms with Crippen LogP contribution in [0.1, 0.15) is 43.5 Å². The van der Waals surface area contributed by atoms with Crippen LogP contribution in [-0.4, -0.2) is 53.2 Å². The minimum absolute atomic E-state index is 0.419. The molecule has 0 aliphatic rings. The Bertz CT molecular complexity index is 1280. The van der Waals surface area contributed by atoms with Gasteiger partial charge in [0.05, 0.1) is 6.61 Å². The van der Waals surface area contributed by atoms with E-state index in [1.54, 1.807) is 20.8 Å². The number of aliphatic hydroxyl groups excluding tert-OH is 1. The molecule has 2 atom stereocenters. The molecule has 3 rings (SSSR count). The Morgan fingerprint density at radius 3 is 2.16 bits per heavy atom. The number of alkyl carbamates (subject to hydrolysis) is 1. The van der Waals surface area contributed by atoms with E-state index in [-0.39, 0.29) is 0 Å². The SMILES string of the molecule is Cc1cccc(C)c1C(C(=O)Nc1ccc2ccccc2c1)N(C)C(=O)C(CO)NC(=O)OC(C)(C)C. The van der Waals surface area contributed by atoms with Crippen LogP contribution in [-0.2, 0) is 14.3 Å². The summed E-state index contributed by atoms with van der Waals surface area (Å²) in [4.78, 5) is 40.7. The van der Waals surface area contributed by atoms with Crippen molar-refractivity contribution in [2.75, 3.05) is 19.0 Å². The number of carbonyl (C=O) groups excluding carboxylic acids is 3. The van der Waals surface area contributed by atoms with Crippen molar-refractivity contribution in [2.45, 2.75) is 52.3 Å². The fourth-order valence-electron chi connectivity index (χ4n) is 4.25. The summed E-state index contributed by atoms with van der Waals surface area (Å²) < 4.78 is 5.23. The molecule has 196 valence electrons. The maximum absolute atomic E-state index is 13.7. The number of fused-ring (bicyclic) bond motifs is 1. The molecule has 0 fully saturated rings. The van der Waals surface area contributed by atoms with Crippen molar-refractivity contribution in [3.63, 3.8) is 0 Å². The molecule has 37 heavy (non-hydrogen) atoms. The van der Waals surface area contributed by atoms with Gasteiger partial charge in [-0.15, -0.1) is 0 Å². The second kappa shape index (κ2) is 11.4. The van der Waals surface area contributed by atoms with E-state index in [0.717, 1.165) is 21.9 Å². The van der Waals surface area contributed by atoms with Crippen LogP contribution < -0.4 is 10.6 Å². The van der Waals surface area contributed by atoms with Crippen molar-refractivity contribution in [3.8, 4) is 0 Å². The predicted octanol–water partition coefficient (Wildman–Crippen LogP) is 4.48. The van der Waals surface area contributed by atoms with Crippen LogP contribution in [0.3, 0.4) is 0 Å². The predicted molar refractivity (Wildman–Crippen MR) is 144 cm³/mol. The molecule has 0 saturated carbocycles. The summed E-state index contributed by atoms with van der Waals surface area (Å²) in [6.45, 7) is 8.18. The second-order valence-corrected chi connectivity index (χ2v) is 10.1. The highest BCUT2D eigenvalue weighted by molar-refractivity contribution is 6.00. The summed E-state index contributed by atoms with van der Waals surface area (Å²) in [6, 6.07) is 16.7. The average molecular weight is 506 g/mol. The average Bonchev–Trinajstić information content (AvgIpc) is 2.82. The molecular weight excluding hydrogens is 470 g/mol. The second-order valence-electron chi connectivity index (χ2n) is 10.1. The van der Waals surface area contributed by atoms with Crippen LogP contribution >= 0.6 is 0 Å². The molecule has 2 unspecified atom stereocenters. The summed E-state index contributed by atoms with van der Waals surface area (Å²) in [5.41, 5.74) is 2.15. The van der Waals surface area contributed by atoms with Crippen molar-refractivity contribution in [1.29, 1.82) is 0 Å². The molecular formula is C29H35N3O5. The van der Waals surface area contributed by atoms with Gasteiger partial charge >= 0.3 is 6.09 Å². The largest absolute Gasteiger partial charge is 0.444 e. The fraction of sp³-hybridized carbons (Fsp3) is 0.345. The lowest BCUT2D eigenvalue weighted by molar-refractivity contribution is -0.139. The maximum atomic E-state index is 13.7. The van der Waals surface area contributed by atoms with Crippen molar-refractivity contribution in [2.24, 2.45) is 0 Å². The van der Waals surface area contributed by atoms with Crippen molar-refractivity contribution in [1.82, 2.24) is 10.2 Å². The Kier molecular flexibility index (Phi) is 8.55. The summed E-state index contributed by atoms with van der Waals surface area (Å²) in [7, 11) is 1.48. The minimum Gasteiger partial charge on any atom is -0.444 e. The van der Waals surface area contributed by atoms with Crippen molar-refractivity contribution >= 4 is 34.4 Å². The van der Waals surface area contributed by atoms with Gasteiger partial charge in [-0.3, -0.25) is 9.59 Å². The highest BCUT2D eigenvalue weighted by Gasteiger charge is 2.35. The van der Waals surface area contributed by atoms with E-state index >= 15 is 0 Å². The number of nitrogens with one attached hydrogen (secondary N) is 2. The lowest BCUT2D eigenvalue weighted by Gasteiger charge is -2.32. The molecule has 0 aliphatic carbocycles. The lowest BCUT2D eigenvalue weighted by atomic mass is 9.94. The van der Waals surface area contributed by atoms with E-state index in [2.05, 4.69) is 10.6 Å². The van der Waals surface area contributed by atoms with Gasteiger partial charge in [0.15, 0.2) is 0 Å². The number of benzene rings is 3. The molecule has 0 saturated heterocycles. The number of aryl methyl sites for hydroxylation is 2. The van der Waals surface area contributed by atoms with Gasteiger partial charge in [0.2, 0.25) is 5.91 Å². The number of anilines is 1. The first kappa shape index (κ1) is 27.7. The highest BCUT2D eigenvalue weighted by atomic mass is 16.6. The number of rotatable bonds is 7. The molecule has 0 bridgehead atoms. The molecule has 0 radical (unpaired) electrons. The standard InChI is InChI=1S/C29H35N3O5/c1-18-10-9-11-19(2)24(18)25(26(34)30-22-15-14-20-12-7-8-13-21(20)16-22)32(6)27(35)23(17-33)31-28(36)37-29(3,4)5/h7-16,23,25,33H,17H2,1-6H3,(H,30,34)(H,31,36). The smallest absolute Gasteiger partial charge is 0.408 e. The molecule has 3 aromatic rings. The molecule has 0 spiro atoms. The molecule has 8 heteroatoms. The van der Waals surface area contributed by atoms with Crippen molar-refractivity contribution < 1.29 is 24.2 Å². The number of nitrogens with zero attached hydrogens (tertiary/aromatic N) is 1. The Balaban J connectivity index is 1.94. The Morgan fingerprint density at radius 2 is 1.57 bits per heavy atom. The quantitative estimate of drug-likeness (QED) is 0.439. The molecule has 3 amide bonds. The third-order valence-electron chi connectivity index (χ3n) is 5.99. The monoisotopic (exact) mass is 505 g/mol. The summed E-state index contributed by atoms with van der Waals surface area (Å²) >= 11 is 0. The third kappa shape index (κ3) is 6.86. The molecule has 3 N–H and O–H groups in total. The summed E-state index contributed by atoms with van der Waals surface area (Å²) in [5, 5.41) is 17.3. The van der Waals surface area contributed by atoms with Crippen molar-refractivity contribution in [3.05, 3.63) is 77.4 Å². The van der Waals surface area contributed by atoms with E-state index in [0.29, 0.717) is 11.3 Å². The van der Waals surface area contributed by atoms with Gasteiger partial charge in [-0.1, -0.05) is 48.5 Å². The van der Waals surface area contributed by atoms with E-state index in [1.807, 2.05) is 74.5 Å². The van der Waals surface area contributed by atoms with Crippen LogP contribution in [0.4, 0.5) is 10.5 Å². The van der Waals surface area contributed by atoms with Gasteiger partial charge in [-0.2, -0.15) is 0 Å². The first-order chi connectivity index (χ1) is 17.4. The zero-order chi connectivity index (χ0) is 27.3. The van der Waals surface area contributed by atoms with Gasteiger partial charge in [0, 0.05) is 12.7 Å². The number of ether oxygens (including phenoxy) is 1. The van der Waals surface area contributed by atoms with Crippen LogP contribution in [0.2, 0.25) is 0 Å². The van der Waals surface area contributed by atoms with Gasteiger partial charge in [0.1, 0.15) is 17.7 Å². The summed E-state index contributed by atoms with van der Waals surface area (Å²) in [5.74, 6) is -1.05. The van der Waals surface area contributed by atoms with E-state index in [9.17, 15) is 19.5 Å². The fourth-order valence-corrected chi connectivity index (χ4v) is 4.25. The molecule has 0 aliphatic heterocycles. The van der Waals surface area contributed by atoms with Crippen LogP contribution in [0.15, 0.2) is 60.7 Å². The van der Waals surface area contributed by atoms with E-state index < -0.39 is 42.2 Å². The Morgan fingerprint density at radius 1 is 0.946 bits per heavy atom. The zero-order valence-electron chi connectivity index (χ0n) is 22.2. The first-order valence-corrected chi connectivity index (χ1v) is 12.1. The normalized spacial score (nSPS) is 12.9. The lowest BCUT2D eigenvalue weighted by Crippen LogP contribution is -2.52. The highest BCUT2D eigenvalue weighted by Crippen LogP contribution is 2.29. The maximum Gasteiger partial charge on any atom is 0.408 e. The zero-order valence-corrected chi connectivity index (χ0v) is 22.2. The number of hydrogen-bond acceptors (Lipinski definition) is 5. The van der Waals surface area contributed by atoms with Gasteiger partial charge < -0.3 is 25.4 Å². The first-order valence-electron chi connectivity index (χ1n) is 12.1. The van der Waals surface area contributed by atoms with Crippen LogP contribution in [0.5, 0.6) is 0 Å². The van der Waals surface area contributed by atoms with E-state index in [1.165, 1.54) is 11.9 Å². The topological polar surface area (TPSA) is 108 Å². The molecule has 0 aromatic heterocycles. The van der Waals surface area contributed by atoms with E-state index in [4.69, 9.17) is 4.74 Å². The van der Waals surface area contributed by atoms with Crippen LogP contribution in [0.25, 0.3) is 10.8 Å². The van der Waals surface area contributed by atoms with Crippen LogP contribution in [0, 0.1) is 13.8 Å².